The van der Waals surface area contributed by atoms with Gasteiger partial charge in [-0.15, -0.1) is 0 Å². The van der Waals surface area contributed by atoms with Gasteiger partial charge >= 0.3 is 0 Å². The van der Waals surface area contributed by atoms with E-state index in [1.807, 2.05) is 0 Å². The molecule has 2 unspecified atom stereocenters. The van der Waals surface area contributed by atoms with Crippen molar-refractivity contribution in [3.8, 4) is 16.8 Å². The zero-order chi connectivity index (χ0) is 41.7. The highest BCUT2D eigenvalue weighted by molar-refractivity contribution is 5.95. The second kappa shape index (κ2) is 16.0. The molecule has 0 fully saturated rings. The lowest BCUT2D eigenvalue weighted by molar-refractivity contribution is 0.697. The highest BCUT2D eigenvalue weighted by Gasteiger charge is 2.42. The van der Waals surface area contributed by atoms with Crippen molar-refractivity contribution in [2.24, 2.45) is 0 Å². The monoisotopic (exact) mass is 813 g/mol. The van der Waals surface area contributed by atoms with E-state index in [0.29, 0.717) is 0 Å². The van der Waals surface area contributed by atoms with Crippen molar-refractivity contribution >= 4 is 33.5 Å². The molecule has 63 heavy (non-hydrogen) atoms. The minimum Gasteiger partial charge on any atom is -0.381 e. The Morgan fingerprint density at radius 1 is 0.651 bits per heavy atom. The lowest BCUT2D eigenvalue weighted by Gasteiger charge is -2.36. The second-order valence-corrected chi connectivity index (χ2v) is 17.7. The van der Waals surface area contributed by atoms with Crippen LogP contribution in [0.4, 0.5) is 11.4 Å². The molecule has 0 spiro atoms. The number of benzene rings is 6. The summed E-state index contributed by atoms with van der Waals surface area (Å²) in [5.41, 5.74) is 22.7. The molecule has 4 aliphatic carbocycles. The molecule has 2 heterocycles. The molecule has 3 nitrogen and oxygen atoms in total. The molecule has 1 N–H and O–H groups in total. The molecule has 1 aromatic heterocycles. The van der Waals surface area contributed by atoms with Crippen LogP contribution in [-0.2, 0) is 19.4 Å². The van der Waals surface area contributed by atoms with Crippen LogP contribution in [0.25, 0.3) is 39.0 Å². The van der Waals surface area contributed by atoms with E-state index in [0.717, 1.165) is 57.2 Å². The maximum absolute atomic E-state index is 4.02. The number of anilines is 2. The molecule has 2 atom stereocenters. The van der Waals surface area contributed by atoms with Crippen molar-refractivity contribution in [1.29, 1.82) is 0 Å². The van der Waals surface area contributed by atoms with Crippen LogP contribution in [-0.4, -0.2) is 10.6 Å². The Morgan fingerprint density at radius 2 is 1.41 bits per heavy atom. The minimum atomic E-state index is 0.178. The van der Waals surface area contributed by atoms with Gasteiger partial charge in [0.15, 0.2) is 0 Å². The van der Waals surface area contributed by atoms with Crippen molar-refractivity contribution in [3.63, 3.8) is 0 Å². The minimum absolute atomic E-state index is 0.178. The zero-order valence-corrected chi connectivity index (χ0v) is 35.7. The van der Waals surface area contributed by atoms with E-state index in [2.05, 4.69) is 209 Å². The number of nitrogens with one attached hydrogen (secondary N) is 1. The molecular formula is C60H51N3. The third-order valence-corrected chi connectivity index (χ3v) is 14.1. The number of aromatic nitrogens is 1. The molecule has 0 saturated carbocycles. The van der Waals surface area contributed by atoms with Crippen LogP contribution in [0.5, 0.6) is 0 Å². The van der Waals surface area contributed by atoms with E-state index in [-0.39, 0.29) is 12.0 Å². The molecule has 5 aliphatic rings. The number of aryl methyl sites for hydroxylation is 1. The van der Waals surface area contributed by atoms with Crippen LogP contribution < -0.4 is 10.2 Å². The van der Waals surface area contributed by atoms with Gasteiger partial charge in [-0.05, 0) is 131 Å². The first-order chi connectivity index (χ1) is 31.3. The molecule has 0 amide bonds. The Bertz CT molecular complexity index is 3100. The van der Waals surface area contributed by atoms with Gasteiger partial charge in [0, 0.05) is 46.2 Å². The fourth-order valence-corrected chi connectivity index (χ4v) is 11.2. The Morgan fingerprint density at radius 3 is 2.33 bits per heavy atom. The lowest BCUT2D eigenvalue weighted by atomic mass is 9.80. The third-order valence-electron chi connectivity index (χ3n) is 14.1. The largest absolute Gasteiger partial charge is 0.381 e. The zero-order valence-electron chi connectivity index (χ0n) is 35.7. The Hall–Kier alpha value is -7.10. The number of allylic oxidation sites excluding steroid dienone is 8. The van der Waals surface area contributed by atoms with Gasteiger partial charge in [-0.1, -0.05) is 164 Å². The van der Waals surface area contributed by atoms with Gasteiger partial charge in [0.2, 0.25) is 0 Å². The summed E-state index contributed by atoms with van der Waals surface area (Å²) >= 11 is 0. The van der Waals surface area contributed by atoms with Crippen molar-refractivity contribution < 1.29 is 0 Å². The van der Waals surface area contributed by atoms with Crippen molar-refractivity contribution in [3.05, 3.63) is 244 Å². The molecule has 0 bridgehead atoms. The first-order valence-corrected chi connectivity index (χ1v) is 23.0. The van der Waals surface area contributed by atoms with Crippen LogP contribution in [0.15, 0.2) is 211 Å². The topological polar surface area (TPSA) is 20.2 Å². The second-order valence-electron chi connectivity index (χ2n) is 17.7. The predicted octanol–water partition coefficient (Wildman–Crippen LogP) is 14.5. The van der Waals surface area contributed by atoms with E-state index in [1.54, 1.807) is 0 Å². The average Bonchev–Trinajstić information content (AvgIpc) is 3.88. The standard InChI is InChI=1S/C60H51N3/c1-3-17-41(18-4-1)40-61-56(36-33-43-21-7-10-24-49(43)42-19-5-2-6-20-42)46-37-47(62-57-29-15-13-27-52(57)54-34-31-44-22-8-11-25-50(44)59(54)62)39-48(38-46)63-58-30-16-14-28-53(58)55-35-32-45-23-9-12-26-51(45)60(55)63/h1-8,10,12-22,24,26-30,32,35-39,55,60-61H,9,11,23,25,31,33-34,40H2/b56-36-. The molecule has 7 aromatic rings. The van der Waals surface area contributed by atoms with Gasteiger partial charge in [-0.2, -0.15) is 0 Å². The Balaban J connectivity index is 1.09. The number of rotatable bonds is 9. The molecule has 12 rings (SSSR count). The summed E-state index contributed by atoms with van der Waals surface area (Å²) in [6, 6.07) is 56.5. The summed E-state index contributed by atoms with van der Waals surface area (Å²) in [4.78, 5) is 2.69. The summed E-state index contributed by atoms with van der Waals surface area (Å²) in [5.74, 6) is 0.275. The van der Waals surface area contributed by atoms with E-state index in [9.17, 15) is 0 Å². The van der Waals surface area contributed by atoms with Gasteiger partial charge in [0.1, 0.15) is 0 Å². The van der Waals surface area contributed by atoms with Crippen LogP contribution in [0.2, 0.25) is 0 Å². The summed E-state index contributed by atoms with van der Waals surface area (Å²) < 4.78 is 2.64. The highest BCUT2D eigenvalue weighted by Crippen LogP contribution is 2.53. The van der Waals surface area contributed by atoms with E-state index >= 15 is 0 Å². The Labute approximate surface area is 371 Å². The summed E-state index contributed by atoms with van der Waals surface area (Å²) in [7, 11) is 0. The van der Waals surface area contributed by atoms with E-state index in [1.165, 1.54) is 94.9 Å². The number of fused-ring (bicyclic) bond motifs is 8. The van der Waals surface area contributed by atoms with Gasteiger partial charge in [-0.3, -0.25) is 0 Å². The van der Waals surface area contributed by atoms with Crippen LogP contribution in [0, 0.1) is 0 Å². The van der Waals surface area contributed by atoms with E-state index in [4.69, 9.17) is 0 Å². The number of para-hydroxylation sites is 2. The molecule has 0 radical (unpaired) electrons. The van der Waals surface area contributed by atoms with E-state index < -0.39 is 0 Å². The number of hydrogen-bond donors (Lipinski definition) is 1. The predicted molar refractivity (Wildman–Crippen MR) is 263 cm³/mol. The van der Waals surface area contributed by atoms with Gasteiger partial charge in [-0.25, -0.2) is 0 Å². The van der Waals surface area contributed by atoms with Crippen LogP contribution in [0.3, 0.4) is 0 Å². The fraction of sp³-hybridized carbons (Fsp3) is 0.167. The molecular weight excluding hydrogens is 763 g/mol. The first-order valence-electron chi connectivity index (χ1n) is 23.0. The molecule has 3 heteroatoms. The Kier molecular flexibility index (Phi) is 9.55. The normalized spacial score (nSPS) is 18.6. The lowest BCUT2D eigenvalue weighted by Crippen LogP contribution is -2.34. The highest BCUT2D eigenvalue weighted by atomic mass is 15.2. The van der Waals surface area contributed by atoms with Crippen molar-refractivity contribution in [1.82, 2.24) is 9.88 Å². The molecule has 1 aliphatic heterocycles. The molecule has 6 aromatic carbocycles. The number of hydrogen-bond acceptors (Lipinski definition) is 2. The molecule has 306 valence electrons. The summed E-state index contributed by atoms with van der Waals surface area (Å²) in [6.07, 6.45) is 24.3. The first kappa shape index (κ1) is 37.6. The van der Waals surface area contributed by atoms with Crippen LogP contribution in [0.1, 0.15) is 71.5 Å². The average molecular weight is 814 g/mol. The fourth-order valence-electron chi connectivity index (χ4n) is 11.2. The van der Waals surface area contributed by atoms with Gasteiger partial charge < -0.3 is 14.8 Å². The van der Waals surface area contributed by atoms with Crippen molar-refractivity contribution in [2.45, 2.75) is 63.5 Å². The third kappa shape index (κ3) is 6.66. The maximum Gasteiger partial charge on any atom is 0.0698 e. The SMILES string of the molecule is C1=CC2=C(C=CC3c4ccccc4N(c4cc(/C(=C/Cc5ccccc5-c5ccccc5)NCc5ccccc5)cc(-n5c6c(c7ccccc75)CCC5=C6CCC=C5)c4)C23)CC1. The van der Waals surface area contributed by atoms with Gasteiger partial charge in [0.05, 0.1) is 17.3 Å². The van der Waals surface area contributed by atoms with Crippen molar-refractivity contribution in [2.75, 3.05) is 4.90 Å². The maximum atomic E-state index is 4.02. The van der Waals surface area contributed by atoms with Crippen LogP contribution >= 0.6 is 0 Å². The number of nitrogens with zero attached hydrogens (tertiary/aromatic N) is 2. The van der Waals surface area contributed by atoms with Gasteiger partial charge in [0.25, 0.3) is 0 Å². The summed E-state index contributed by atoms with van der Waals surface area (Å²) in [5, 5.41) is 5.40. The summed E-state index contributed by atoms with van der Waals surface area (Å²) in [6.45, 7) is 0.722. The quantitative estimate of drug-likeness (QED) is 0.157. The molecule has 0 saturated heterocycles. The smallest absolute Gasteiger partial charge is 0.0698 e.